The van der Waals surface area contributed by atoms with Crippen molar-refractivity contribution in [1.29, 1.82) is 0 Å². The van der Waals surface area contributed by atoms with E-state index in [1.807, 2.05) is 35.8 Å². The molecular formula is C21H21N5OS. The van der Waals surface area contributed by atoms with Gasteiger partial charge in [0.05, 0.1) is 5.75 Å². The van der Waals surface area contributed by atoms with Crippen LogP contribution in [0.1, 0.15) is 16.8 Å². The molecule has 142 valence electrons. The Morgan fingerprint density at radius 3 is 2.79 bits per heavy atom. The highest BCUT2D eigenvalue weighted by molar-refractivity contribution is 7.99. The molecule has 6 nitrogen and oxygen atoms in total. The molecule has 2 N–H and O–H groups in total. The third kappa shape index (κ3) is 3.80. The van der Waals surface area contributed by atoms with E-state index < -0.39 is 0 Å². The van der Waals surface area contributed by atoms with E-state index in [1.54, 1.807) is 6.33 Å². The van der Waals surface area contributed by atoms with Crippen molar-refractivity contribution in [2.45, 2.75) is 25.9 Å². The fourth-order valence-corrected chi connectivity index (χ4v) is 3.79. The van der Waals surface area contributed by atoms with E-state index in [2.05, 4.69) is 52.5 Å². The van der Waals surface area contributed by atoms with Crippen molar-refractivity contribution in [1.82, 2.24) is 19.7 Å². The normalized spacial score (nSPS) is 11.1. The smallest absolute Gasteiger partial charge is 0.234 e. The molecule has 0 fully saturated rings. The number of benzene rings is 2. The van der Waals surface area contributed by atoms with Gasteiger partial charge in [0, 0.05) is 28.0 Å². The standard InChI is InChI=1S/C21H21N5OS/c1-13-4-6-18(8-14(13)2)26-12-22-25-21(26)28-11-20(27)24-17-5-7-19-16(10-17)9-15(3)23-19/h4-10,12,23H,11H2,1-3H3,(H,24,27). The number of H-pyrrole nitrogens is 1. The average molecular weight is 392 g/mol. The number of anilines is 1. The fourth-order valence-electron chi connectivity index (χ4n) is 3.06. The summed E-state index contributed by atoms with van der Waals surface area (Å²) in [6.07, 6.45) is 1.67. The zero-order chi connectivity index (χ0) is 19.7. The number of hydrogen-bond donors (Lipinski definition) is 2. The van der Waals surface area contributed by atoms with Crippen molar-refractivity contribution in [3.8, 4) is 5.69 Å². The SMILES string of the molecule is Cc1cc2cc(NC(=O)CSc3nncn3-c3ccc(C)c(C)c3)ccc2[nH]1. The number of rotatable bonds is 5. The Kier molecular flexibility index (Phi) is 4.92. The van der Waals surface area contributed by atoms with Crippen LogP contribution >= 0.6 is 11.8 Å². The zero-order valence-electron chi connectivity index (χ0n) is 16.0. The number of carbonyl (C=O) groups is 1. The lowest BCUT2D eigenvalue weighted by molar-refractivity contribution is -0.113. The van der Waals surface area contributed by atoms with Crippen molar-refractivity contribution in [2.75, 3.05) is 11.1 Å². The third-order valence-electron chi connectivity index (χ3n) is 4.66. The van der Waals surface area contributed by atoms with Crippen LogP contribution in [0.4, 0.5) is 5.69 Å². The first-order valence-electron chi connectivity index (χ1n) is 8.99. The maximum absolute atomic E-state index is 12.4. The van der Waals surface area contributed by atoms with E-state index in [9.17, 15) is 4.79 Å². The maximum atomic E-state index is 12.4. The summed E-state index contributed by atoms with van der Waals surface area (Å²) in [5, 5.41) is 12.9. The minimum atomic E-state index is -0.0776. The molecule has 1 amide bonds. The second-order valence-electron chi connectivity index (χ2n) is 6.84. The van der Waals surface area contributed by atoms with Gasteiger partial charge < -0.3 is 10.3 Å². The number of thioether (sulfide) groups is 1. The summed E-state index contributed by atoms with van der Waals surface area (Å²) in [5.41, 5.74) is 6.37. The molecule has 0 aliphatic heterocycles. The van der Waals surface area contributed by atoms with Gasteiger partial charge in [-0.1, -0.05) is 17.8 Å². The lowest BCUT2D eigenvalue weighted by Crippen LogP contribution is -2.14. The number of carbonyl (C=O) groups excluding carboxylic acids is 1. The highest BCUT2D eigenvalue weighted by Crippen LogP contribution is 2.23. The predicted octanol–water partition coefficient (Wildman–Crippen LogP) is 4.40. The quantitative estimate of drug-likeness (QED) is 0.494. The average Bonchev–Trinajstić information content (AvgIpc) is 3.27. The van der Waals surface area contributed by atoms with Crippen molar-refractivity contribution in [3.63, 3.8) is 0 Å². The number of nitrogens with one attached hydrogen (secondary N) is 2. The van der Waals surface area contributed by atoms with Gasteiger partial charge in [-0.25, -0.2) is 0 Å². The van der Waals surface area contributed by atoms with E-state index >= 15 is 0 Å². The first-order chi connectivity index (χ1) is 13.5. The molecule has 2 heterocycles. The minimum absolute atomic E-state index is 0.0776. The highest BCUT2D eigenvalue weighted by atomic mass is 32.2. The molecule has 0 atom stereocenters. The number of hydrogen-bond acceptors (Lipinski definition) is 4. The maximum Gasteiger partial charge on any atom is 0.234 e. The molecule has 0 aliphatic carbocycles. The number of aromatic nitrogens is 4. The van der Waals surface area contributed by atoms with Crippen LogP contribution in [0, 0.1) is 20.8 Å². The Labute approximate surface area is 167 Å². The second kappa shape index (κ2) is 7.52. The molecule has 2 aromatic heterocycles. The lowest BCUT2D eigenvalue weighted by Gasteiger charge is -2.09. The van der Waals surface area contributed by atoms with Crippen molar-refractivity contribution in [3.05, 3.63) is 65.6 Å². The first kappa shape index (κ1) is 18.3. The van der Waals surface area contributed by atoms with Gasteiger partial charge >= 0.3 is 0 Å². The molecule has 0 aliphatic rings. The van der Waals surface area contributed by atoms with Gasteiger partial charge in [-0.05, 0) is 68.3 Å². The first-order valence-corrected chi connectivity index (χ1v) is 9.98. The Morgan fingerprint density at radius 2 is 1.96 bits per heavy atom. The third-order valence-corrected chi connectivity index (χ3v) is 5.60. The fraction of sp³-hybridized carbons (Fsp3) is 0.190. The number of amides is 1. The summed E-state index contributed by atoms with van der Waals surface area (Å²) in [6.45, 7) is 6.17. The predicted molar refractivity (Wildman–Crippen MR) is 113 cm³/mol. The van der Waals surface area contributed by atoms with Crippen molar-refractivity contribution in [2.24, 2.45) is 0 Å². The van der Waals surface area contributed by atoms with Crippen LogP contribution in [0.3, 0.4) is 0 Å². The van der Waals surface area contributed by atoms with Gasteiger partial charge in [-0.2, -0.15) is 0 Å². The van der Waals surface area contributed by atoms with E-state index in [4.69, 9.17) is 0 Å². The van der Waals surface area contributed by atoms with Crippen LogP contribution in [-0.2, 0) is 4.79 Å². The molecule has 4 rings (SSSR count). The summed E-state index contributed by atoms with van der Waals surface area (Å²) in [4.78, 5) is 15.7. The van der Waals surface area contributed by atoms with Gasteiger partial charge in [-0.15, -0.1) is 10.2 Å². The molecule has 28 heavy (non-hydrogen) atoms. The monoisotopic (exact) mass is 391 g/mol. The second-order valence-corrected chi connectivity index (χ2v) is 7.79. The lowest BCUT2D eigenvalue weighted by atomic mass is 10.1. The summed E-state index contributed by atoms with van der Waals surface area (Å²) in [6, 6.07) is 14.1. The van der Waals surface area contributed by atoms with Crippen LogP contribution in [0.25, 0.3) is 16.6 Å². The van der Waals surface area contributed by atoms with Crippen LogP contribution in [0.15, 0.2) is 53.9 Å². The molecular weight excluding hydrogens is 370 g/mol. The van der Waals surface area contributed by atoms with Crippen LogP contribution in [-0.4, -0.2) is 31.4 Å². The van der Waals surface area contributed by atoms with Crippen LogP contribution in [0.2, 0.25) is 0 Å². The van der Waals surface area contributed by atoms with Crippen LogP contribution < -0.4 is 5.32 Å². The Bertz CT molecular complexity index is 1160. The summed E-state index contributed by atoms with van der Waals surface area (Å²) in [5.74, 6) is 0.180. The van der Waals surface area contributed by atoms with Gasteiger partial charge in [-0.3, -0.25) is 9.36 Å². The minimum Gasteiger partial charge on any atom is -0.359 e. The van der Waals surface area contributed by atoms with Crippen molar-refractivity contribution < 1.29 is 4.79 Å². The molecule has 4 aromatic rings. The molecule has 0 bridgehead atoms. The van der Waals surface area contributed by atoms with Gasteiger partial charge in [0.1, 0.15) is 6.33 Å². The van der Waals surface area contributed by atoms with E-state index in [-0.39, 0.29) is 11.7 Å². The summed E-state index contributed by atoms with van der Waals surface area (Å²) >= 11 is 1.36. The van der Waals surface area contributed by atoms with E-state index in [0.29, 0.717) is 5.16 Å². The Balaban J connectivity index is 1.43. The molecule has 0 saturated heterocycles. The highest BCUT2D eigenvalue weighted by Gasteiger charge is 2.11. The topological polar surface area (TPSA) is 75.6 Å². The molecule has 7 heteroatoms. The van der Waals surface area contributed by atoms with Gasteiger partial charge in [0.25, 0.3) is 0 Å². The van der Waals surface area contributed by atoms with Gasteiger partial charge in [0.2, 0.25) is 5.91 Å². The summed E-state index contributed by atoms with van der Waals surface area (Å²) < 4.78 is 1.90. The molecule has 0 unspecified atom stereocenters. The number of fused-ring (bicyclic) bond motifs is 1. The Hall–Kier alpha value is -3.06. The van der Waals surface area contributed by atoms with Crippen molar-refractivity contribution >= 4 is 34.3 Å². The number of aryl methyl sites for hydroxylation is 3. The molecule has 2 aromatic carbocycles. The molecule has 0 spiro atoms. The molecule has 0 radical (unpaired) electrons. The number of nitrogens with zero attached hydrogens (tertiary/aromatic N) is 3. The molecule has 0 saturated carbocycles. The summed E-state index contributed by atoms with van der Waals surface area (Å²) in [7, 11) is 0. The van der Waals surface area contributed by atoms with E-state index in [0.717, 1.165) is 28.0 Å². The van der Waals surface area contributed by atoms with E-state index in [1.165, 1.54) is 22.9 Å². The Morgan fingerprint density at radius 1 is 1.11 bits per heavy atom. The van der Waals surface area contributed by atoms with Gasteiger partial charge in [0.15, 0.2) is 5.16 Å². The zero-order valence-corrected chi connectivity index (χ0v) is 16.8. The largest absolute Gasteiger partial charge is 0.359 e. The number of aromatic amines is 1. The van der Waals surface area contributed by atoms with Crippen LogP contribution in [0.5, 0.6) is 0 Å².